The van der Waals surface area contributed by atoms with Crippen LogP contribution < -0.4 is 10.6 Å². The van der Waals surface area contributed by atoms with Crippen molar-refractivity contribution in [2.75, 3.05) is 19.6 Å². The molecule has 0 aromatic carbocycles. The van der Waals surface area contributed by atoms with Gasteiger partial charge in [0.1, 0.15) is 5.60 Å². The fourth-order valence-corrected chi connectivity index (χ4v) is 3.10. The zero-order chi connectivity index (χ0) is 19.3. The van der Waals surface area contributed by atoms with E-state index in [0.717, 1.165) is 25.8 Å². The number of nitrogens with zero attached hydrogens (tertiary/aromatic N) is 1. The van der Waals surface area contributed by atoms with Crippen molar-refractivity contribution in [3.05, 3.63) is 0 Å². The number of carbonyl (C=O) groups is 2. The molecule has 0 bridgehead atoms. The second kappa shape index (κ2) is 8.88. The average Bonchev–Trinajstić information content (AvgIpc) is 3.26. The van der Waals surface area contributed by atoms with Gasteiger partial charge in [0.25, 0.3) is 0 Å². The summed E-state index contributed by atoms with van der Waals surface area (Å²) in [6.07, 6.45) is 2.65. The third-order valence-corrected chi connectivity index (χ3v) is 4.20. The van der Waals surface area contributed by atoms with Gasteiger partial charge in [-0.1, -0.05) is 13.8 Å². The van der Waals surface area contributed by atoms with Crippen LogP contribution in [0.3, 0.4) is 0 Å². The molecule has 1 aliphatic rings. The van der Waals surface area contributed by atoms with E-state index < -0.39 is 11.7 Å². The lowest BCUT2D eigenvalue weighted by Gasteiger charge is -2.34. The number of carbonyl (C=O) groups excluding carboxylic acids is 2. The third-order valence-electron chi connectivity index (χ3n) is 4.20. The first kappa shape index (κ1) is 21.7. The number of hydrogen-bond donors (Lipinski definition) is 2. The van der Waals surface area contributed by atoms with Crippen LogP contribution in [-0.2, 0) is 9.53 Å². The Bertz CT molecular complexity index is 455. The molecular formula is C19H37N3O3. The minimum Gasteiger partial charge on any atom is -0.444 e. The van der Waals surface area contributed by atoms with Crippen molar-refractivity contribution in [3.8, 4) is 0 Å². The molecule has 1 saturated carbocycles. The molecule has 1 rings (SSSR count). The number of likely N-dealkylation sites (N-methyl/N-ethyl adjacent to an activating group) is 1. The van der Waals surface area contributed by atoms with Crippen LogP contribution in [0.5, 0.6) is 0 Å². The lowest BCUT2D eigenvalue weighted by atomic mass is 9.90. The van der Waals surface area contributed by atoms with Crippen molar-refractivity contribution in [2.45, 2.75) is 84.9 Å². The zero-order valence-corrected chi connectivity index (χ0v) is 17.1. The summed E-state index contributed by atoms with van der Waals surface area (Å²) in [5.41, 5.74) is -0.877. The number of hydrogen-bond acceptors (Lipinski definition) is 4. The molecule has 0 aromatic heterocycles. The van der Waals surface area contributed by atoms with E-state index >= 15 is 0 Å². The highest BCUT2D eigenvalue weighted by atomic mass is 16.6. The van der Waals surface area contributed by atoms with Crippen LogP contribution in [-0.4, -0.2) is 53.7 Å². The first-order valence-corrected chi connectivity index (χ1v) is 9.47. The summed E-state index contributed by atoms with van der Waals surface area (Å²) in [5.74, 6) is 0.580. The molecule has 0 heterocycles. The van der Waals surface area contributed by atoms with Crippen LogP contribution in [0.1, 0.15) is 67.7 Å². The highest BCUT2D eigenvalue weighted by molar-refractivity contribution is 5.79. The summed E-state index contributed by atoms with van der Waals surface area (Å²) in [6, 6.07) is 0.426. The maximum absolute atomic E-state index is 12.5. The third kappa shape index (κ3) is 8.56. The van der Waals surface area contributed by atoms with Crippen molar-refractivity contribution < 1.29 is 14.3 Å². The molecule has 2 amide bonds. The maximum atomic E-state index is 12.5. The first-order valence-electron chi connectivity index (χ1n) is 9.47. The van der Waals surface area contributed by atoms with Gasteiger partial charge in [-0.25, -0.2) is 4.79 Å². The zero-order valence-electron chi connectivity index (χ0n) is 17.1. The minimum atomic E-state index is -0.520. The van der Waals surface area contributed by atoms with Gasteiger partial charge < -0.3 is 20.3 Å². The van der Waals surface area contributed by atoms with E-state index in [1.807, 2.05) is 39.5 Å². The van der Waals surface area contributed by atoms with E-state index in [4.69, 9.17) is 4.74 Å². The molecule has 146 valence electrons. The topological polar surface area (TPSA) is 70.7 Å². The Labute approximate surface area is 153 Å². The van der Waals surface area contributed by atoms with Gasteiger partial charge in [0.2, 0.25) is 5.91 Å². The van der Waals surface area contributed by atoms with Crippen molar-refractivity contribution in [3.63, 3.8) is 0 Å². The highest BCUT2D eigenvalue weighted by Gasteiger charge is 2.33. The molecule has 2 N–H and O–H groups in total. The molecule has 0 unspecified atom stereocenters. The molecule has 0 spiro atoms. The predicted molar refractivity (Wildman–Crippen MR) is 101 cm³/mol. The van der Waals surface area contributed by atoms with E-state index in [1.54, 1.807) is 0 Å². The van der Waals surface area contributed by atoms with Gasteiger partial charge >= 0.3 is 6.09 Å². The molecular weight excluding hydrogens is 318 g/mol. The molecule has 6 nitrogen and oxygen atoms in total. The van der Waals surface area contributed by atoms with Gasteiger partial charge in [-0.05, 0) is 59.8 Å². The van der Waals surface area contributed by atoms with Crippen LogP contribution in [0.15, 0.2) is 0 Å². The first-order chi connectivity index (χ1) is 11.5. The Hall–Kier alpha value is -1.30. The Morgan fingerprint density at radius 2 is 1.80 bits per heavy atom. The maximum Gasteiger partial charge on any atom is 0.407 e. The van der Waals surface area contributed by atoms with E-state index in [0.29, 0.717) is 25.0 Å². The van der Waals surface area contributed by atoms with Crippen molar-refractivity contribution in [1.29, 1.82) is 0 Å². The van der Waals surface area contributed by atoms with E-state index in [-0.39, 0.29) is 11.4 Å². The predicted octanol–water partition coefficient (Wildman–Crippen LogP) is 2.92. The van der Waals surface area contributed by atoms with Crippen molar-refractivity contribution in [1.82, 2.24) is 15.5 Å². The minimum absolute atomic E-state index is 0.136. The molecule has 25 heavy (non-hydrogen) atoms. The van der Waals surface area contributed by atoms with Crippen molar-refractivity contribution >= 4 is 12.0 Å². The second-order valence-electron chi connectivity index (χ2n) is 8.78. The Balaban J connectivity index is 2.58. The SMILES string of the molecule is CCN(C(=O)CN[C@@](C)(CNC(=O)OC(C)(C)C)CC(C)C)C1CC1. The number of nitrogens with one attached hydrogen (secondary N) is 2. The lowest BCUT2D eigenvalue weighted by molar-refractivity contribution is -0.131. The van der Waals surface area contributed by atoms with Gasteiger partial charge in [0.15, 0.2) is 0 Å². The lowest BCUT2D eigenvalue weighted by Crippen LogP contribution is -2.55. The molecule has 0 radical (unpaired) electrons. The van der Waals surface area contributed by atoms with E-state index in [2.05, 4.69) is 24.5 Å². The number of ether oxygens (including phenoxy) is 1. The average molecular weight is 356 g/mol. The van der Waals surface area contributed by atoms with Gasteiger partial charge in [-0.3, -0.25) is 4.79 Å². The molecule has 0 aromatic rings. The quantitative estimate of drug-likeness (QED) is 0.667. The molecule has 1 atom stereocenters. The monoisotopic (exact) mass is 355 g/mol. The fourth-order valence-electron chi connectivity index (χ4n) is 3.10. The standard InChI is InChI=1S/C19H37N3O3/c1-8-22(15-9-10-15)16(23)12-21-19(7,11-14(2)3)13-20-17(24)25-18(4,5)6/h14-15,21H,8-13H2,1-7H3,(H,20,24)/t19-/m1/s1. The van der Waals surface area contributed by atoms with E-state index in [1.165, 1.54) is 0 Å². The summed E-state index contributed by atoms with van der Waals surface area (Å²) < 4.78 is 5.31. The van der Waals surface area contributed by atoms with Gasteiger partial charge in [-0.15, -0.1) is 0 Å². The smallest absolute Gasteiger partial charge is 0.407 e. The fraction of sp³-hybridized carbons (Fsp3) is 0.895. The molecule has 1 aliphatic carbocycles. The summed E-state index contributed by atoms with van der Waals surface area (Å²) in [4.78, 5) is 26.4. The molecule has 0 aliphatic heterocycles. The highest BCUT2D eigenvalue weighted by Crippen LogP contribution is 2.26. The molecule has 6 heteroatoms. The number of amides is 2. The van der Waals surface area contributed by atoms with E-state index in [9.17, 15) is 9.59 Å². The van der Waals surface area contributed by atoms with Crippen molar-refractivity contribution in [2.24, 2.45) is 5.92 Å². The molecule has 0 saturated heterocycles. The van der Waals surface area contributed by atoms with Crippen LogP contribution in [0.4, 0.5) is 4.79 Å². The second-order valence-corrected chi connectivity index (χ2v) is 8.78. The largest absolute Gasteiger partial charge is 0.444 e. The van der Waals surface area contributed by atoms with Gasteiger partial charge in [0.05, 0.1) is 6.54 Å². The normalized spacial score (nSPS) is 17.1. The summed E-state index contributed by atoms with van der Waals surface area (Å²) in [5, 5.41) is 6.22. The summed E-state index contributed by atoms with van der Waals surface area (Å²) in [7, 11) is 0. The van der Waals surface area contributed by atoms with Crippen LogP contribution in [0.2, 0.25) is 0 Å². The Morgan fingerprint density at radius 1 is 1.20 bits per heavy atom. The Kier molecular flexibility index (Phi) is 7.72. The van der Waals surface area contributed by atoms with Gasteiger partial charge in [0, 0.05) is 24.7 Å². The van der Waals surface area contributed by atoms with Crippen LogP contribution in [0, 0.1) is 5.92 Å². The summed E-state index contributed by atoms with van der Waals surface area (Å²) >= 11 is 0. The number of rotatable bonds is 9. The van der Waals surface area contributed by atoms with Gasteiger partial charge in [-0.2, -0.15) is 0 Å². The van der Waals surface area contributed by atoms with Crippen LogP contribution >= 0.6 is 0 Å². The molecule has 1 fully saturated rings. The Morgan fingerprint density at radius 3 is 2.24 bits per heavy atom. The van der Waals surface area contributed by atoms with Crippen LogP contribution in [0.25, 0.3) is 0 Å². The summed E-state index contributed by atoms with van der Waals surface area (Å²) in [6.45, 7) is 15.3. The number of alkyl carbamates (subject to hydrolysis) is 1.